The summed E-state index contributed by atoms with van der Waals surface area (Å²) in [7, 11) is 0. The van der Waals surface area contributed by atoms with E-state index in [0.717, 1.165) is 21.3 Å². The van der Waals surface area contributed by atoms with Crippen molar-refractivity contribution in [1.29, 1.82) is 0 Å². The molecule has 24 heavy (non-hydrogen) atoms. The second kappa shape index (κ2) is 5.99. The minimum Gasteiger partial charge on any atom is -0.343 e. The molecule has 1 atom stereocenters. The van der Waals surface area contributed by atoms with Crippen molar-refractivity contribution < 1.29 is 4.79 Å². The summed E-state index contributed by atoms with van der Waals surface area (Å²) in [6.45, 7) is 12.2. The van der Waals surface area contributed by atoms with Crippen LogP contribution >= 0.6 is 11.3 Å². The SMILES string of the molecule is Cc1nc(C)c([C@H](C)NC(=O)c2cc(C3CC3)nn2C(C)(C)C)s1. The Morgan fingerprint density at radius 2 is 2.04 bits per heavy atom. The van der Waals surface area contributed by atoms with Gasteiger partial charge in [-0.25, -0.2) is 4.98 Å². The third-order valence-corrected chi connectivity index (χ3v) is 5.53. The van der Waals surface area contributed by atoms with Crippen LogP contribution in [-0.4, -0.2) is 20.7 Å². The molecule has 2 aromatic rings. The van der Waals surface area contributed by atoms with Gasteiger partial charge in [-0.3, -0.25) is 9.48 Å². The predicted molar refractivity (Wildman–Crippen MR) is 96.7 cm³/mol. The molecule has 0 unspecified atom stereocenters. The summed E-state index contributed by atoms with van der Waals surface area (Å²) in [5, 5.41) is 8.86. The summed E-state index contributed by atoms with van der Waals surface area (Å²) in [4.78, 5) is 18.5. The molecule has 1 amide bonds. The summed E-state index contributed by atoms with van der Waals surface area (Å²) >= 11 is 1.64. The number of carbonyl (C=O) groups excluding carboxylic acids is 1. The summed E-state index contributed by atoms with van der Waals surface area (Å²) in [5.74, 6) is 0.464. The van der Waals surface area contributed by atoms with Gasteiger partial charge in [0.1, 0.15) is 5.69 Å². The van der Waals surface area contributed by atoms with Gasteiger partial charge in [0.25, 0.3) is 5.91 Å². The van der Waals surface area contributed by atoms with E-state index in [0.29, 0.717) is 11.6 Å². The number of hydrogen-bond acceptors (Lipinski definition) is 4. The monoisotopic (exact) mass is 346 g/mol. The lowest BCUT2D eigenvalue weighted by atomic mass is 10.1. The molecule has 6 heteroatoms. The number of amides is 1. The highest BCUT2D eigenvalue weighted by Crippen LogP contribution is 2.40. The molecule has 5 nitrogen and oxygen atoms in total. The zero-order valence-electron chi connectivity index (χ0n) is 15.3. The van der Waals surface area contributed by atoms with E-state index in [-0.39, 0.29) is 17.5 Å². The maximum Gasteiger partial charge on any atom is 0.270 e. The molecule has 1 fully saturated rings. The molecule has 2 aromatic heterocycles. The highest BCUT2D eigenvalue weighted by molar-refractivity contribution is 7.11. The number of aromatic nitrogens is 3. The van der Waals surface area contributed by atoms with Crippen LogP contribution in [-0.2, 0) is 5.54 Å². The van der Waals surface area contributed by atoms with Crippen LogP contribution in [0.1, 0.15) is 84.3 Å². The van der Waals surface area contributed by atoms with Crippen LogP contribution in [0.5, 0.6) is 0 Å². The van der Waals surface area contributed by atoms with Crippen LogP contribution in [0.25, 0.3) is 0 Å². The number of hydrogen-bond donors (Lipinski definition) is 1. The van der Waals surface area contributed by atoms with E-state index in [1.807, 2.05) is 31.5 Å². The van der Waals surface area contributed by atoms with Gasteiger partial charge in [0, 0.05) is 10.8 Å². The molecule has 3 rings (SSSR count). The van der Waals surface area contributed by atoms with E-state index in [2.05, 4.69) is 31.1 Å². The molecule has 1 aliphatic rings. The van der Waals surface area contributed by atoms with Gasteiger partial charge in [0.05, 0.1) is 28.0 Å². The summed E-state index contributed by atoms with van der Waals surface area (Å²) in [6, 6.07) is 1.91. The Bertz CT molecular complexity index is 765. The van der Waals surface area contributed by atoms with E-state index in [1.165, 1.54) is 12.8 Å². The van der Waals surface area contributed by atoms with Crippen molar-refractivity contribution in [2.45, 2.75) is 71.9 Å². The first-order valence-corrected chi connectivity index (χ1v) is 9.33. The van der Waals surface area contributed by atoms with Crippen molar-refractivity contribution in [3.63, 3.8) is 0 Å². The van der Waals surface area contributed by atoms with Crippen LogP contribution in [0.4, 0.5) is 0 Å². The molecule has 1 aliphatic carbocycles. The second-order valence-corrected chi connectivity index (χ2v) is 8.92. The van der Waals surface area contributed by atoms with Crippen molar-refractivity contribution in [2.75, 3.05) is 0 Å². The number of rotatable bonds is 4. The minimum absolute atomic E-state index is 0.0589. The largest absolute Gasteiger partial charge is 0.343 e. The van der Waals surface area contributed by atoms with Gasteiger partial charge in [-0.15, -0.1) is 11.3 Å². The van der Waals surface area contributed by atoms with Crippen LogP contribution in [0.3, 0.4) is 0 Å². The van der Waals surface area contributed by atoms with Crippen molar-refractivity contribution in [3.8, 4) is 0 Å². The normalized spacial score (nSPS) is 16.2. The molecule has 1 N–H and O–H groups in total. The van der Waals surface area contributed by atoms with Gasteiger partial charge in [-0.05, 0) is 60.5 Å². The summed E-state index contributed by atoms with van der Waals surface area (Å²) in [6.07, 6.45) is 2.36. The summed E-state index contributed by atoms with van der Waals surface area (Å²) < 4.78 is 1.87. The average molecular weight is 347 g/mol. The Kier molecular flexibility index (Phi) is 4.28. The molecular weight excluding hydrogens is 320 g/mol. The van der Waals surface area contributed by atoms with Gasteiger partial charge in [-0.1, -0.05) is 0 Å². The maximum atomic E-state index is 12.9. The summed E-state index contributed by atoms with van der Waals surface area (Å²) in [5.41, 5.74) is 2.47. The standard InChI is InChI=1S/C18H26N4OS/c1-10-16(24-12(3)19-10)11(2)20-17(23)15-9-14(13-7-8-13)21-22(15)18(4,5)6/h9,11,13H,7-8H2,1-6H3,(H,20,23)/t11-/m0/s1. The fourth-order valence-corrected chi connectivity index (χ4v) is 3.87. The molecule has 130 valence electrons. The molecule has 0 saturated heterocycles. The first kappa shape index (κ1) is 17.1. The number of nitrogens with zero attached hydrogens (tertiary/aromatic N) is 3. The number of carbonyl (C=O) groups is 1. The minimum atomic E-state index is -0.222. The van der Waals surface area contributed by atoms with Crippen molar-refractivity contribution in [2.24, 2.45) is 0 Å². The van der Waals surface area contributed by atoms with Crippen LogP contribution < -0.4 is 5.32 Å². The highest BCUT2D eigenvalue weighted by atomic mass is 32.1. The quantitative estimate of drug-likeness (QED) is 0.907. The highest BCUT2D eigenvalue weighted by Gasteiger charge is 2.31. The van der Waals surface area contributed by atoms with E-state index >= 15 is 0 Å². The molecule has 1 saturated carbocycles. The zero-order chi connectivity index (χ0) is 17.6. The number of thiazole rings is 1. The first-order chi connectivity index (χ1) is 11.2. The predicted octanol–water partition coefficient (Wildman–Crippen LogP) is 4.08. The fourth-order valence-electron chi connectivity index (χ4n) is 2.94. The molecule has 0 spiro atoms. The Hall–Kier alpha value is -1.69. The van der Waals surface area contributed by atoms with Gasteiger partial charge in [0.15, 0.2) is 0 Å². The number of aryl methyl sites for hydroxylation is 2. The van der Waals surface area contributed by atoms with Gasteiger partial charge in [0.2, 0.25) is 0 Å². The molecule has 0 bridgehead atoms. The van der Waals surface area contributed by atoms with Gasteiger partial charge in [-0.2, -0.15) is 5.10 Å². The topological polar surface area (TPSA) is 59.8 Å². The lowest BCUT2D eigenvalue weighted by molar-refractivity contribution is 0.0922. The lowest BCUT2D eigenvalue weighted by Crippen LogP contribution is -2.33. The Morgan fingerprint density at radius 3 is 2.54 bits per heavy atom. The average Bonchev–Trinajstić information content (AvgIpc) is 3.11. The second-order valence-electron chi connectivity index (χ2n) is 7.69. The first-order valence-electron chi connectivity index (χ1n) is 8.52. The van der Waals surface area contributed by atoms with Crippen molar-refractivity contribution in [3.05, 3.63) is 33.0 Å². The smallest absolute Gasteiger partial charge is 0.270 e. The van der Waals surface area contributed by atoms with Gasteiger partial charge >= 0.3 is 0 Å². The van der Waals surface area contributed by atoms with Crippen LogP contribution in [0.2, 0.25) is 0 Å². The Balaban J connectivity index is 1.85. The molecule has 0 aliphatic heterocycles. The fraction of sp³-hybridized carbons (Fsp3) is 0.611. The maximum absolute atomic E-state index is 12.9. The number of nitrogens with one attached hydrogen (secondary N) is 1. The van der Waals surface area contributed by atoms with Gasteiger partial charge < -0.3 is 5.32 Å². The third kappa shape index (κ3) is 3.38. The van der Waals surface area contributed by atoms with Crippen molar-refractivity contribution in [1.82, 2.24) is 20.1 Å². The van der Waals surface area contributed by atoms with E-state index in [4.69, 9.17) is 5.10 Å². The van der Waals surface area contributed by atoms with Crippen LogP contribution in [0.15, 0.2) is 6.07 Å². The Morgan fingerprint density at radius 1 is 1.38 bits per heavy atom. The molecule has 2 heterocycles. The van der Waals surface area contributed by atoms with E-state index in [9.17, 15) is 4.79 Å². The lowest BCUT2D eigenvalue weighted by Gasteiger charge is -2.22. The van der Waals surface area contributed by atoms with Crippen LogP contribution in [0, 0.1) is 13.8 Å². The van der Waals surface area contributed by atoms with E-state index < -0.39 is 0 Å². The molecule has 0 aromatic carbocycles. The van der Waals surface area contributed by atoms with Crippen molar-refractivity contribution >= 4 is 17.2 Å². The zero-order valence-corrected chi connectivity index (χ0v) is 16.1. The molecular formula is C18H26N4OS. The molecule has 0 radical (unpaired) electrons. The third-order valence-electron chi connectivity index (χ3n) is 4.27. The van der Waals surface area contributed by atoms with E-state index in [1.54, 1.807) is 11.3 Å². The Labute approximate surface area is 147 Å².